The lowest BCUT2D eigenvalue weighted by atomic mass is 9.88. The molecule has 4 unspecified atom stereocenters. The van der Waals surface area contributed by atoms with Gasteiger partial charge in [-0.15, -0.1) is 0 Å². The molecule has 0 fully saturated rings. The Morgan fingerprint density at radius 2 is 1.73 bits per heavy atom. The number of nitrogens with one attached hydrogen (secondary N) is 2. The van der Waals surface area contributed by atoms with Crippen LogP contribution in [-0.2, 0) is 0 Å². The van der Waals surface area contributed by atoms with Gasteiger partial charge in [0.2, 0.25) is 0 Å². The van der Waals surface area contributed by atoms with E-state index in [1.54, 1.807) is 0 Å². The predicted octanol–water partition coefficient (Wildman–Crippen LogP) is 7.52. The van der Waals surface area contributed by atoms with E-state index < -0.39 is 0 Å². The highest BCUT2D eigenvalue weighted by Crippen LogP contribution is 2.34. The summed E-state index contributed by atoms with van der Waals surface area (Å²) in [6, 6.07) is 24.2. The SMILES string of the molecule is CN1C=CCN(C)C1c1ccc(-c2cccc(C3C=C(C4C=CC=CC4)NC(C4=CC=C(c5ccccc5)CC4)N3)c2)cn1. The quantitative estimate of drug-likeness (QED) is 0.316. The van der Waals surface area contributed by atoms with Crippen molar-refractivity contribution in [3.8, 4) is 11.1 Å². The molecule has 3 heterocycles. The number of benzene rings is 2. The molecule has 0 spiro atoms. The molecule has 2 aliphatic heterocycles. The molecule has 4 aliphatic rings. The van der Waals surface area contributed by atoms with Gasteiger partial charge in [0.25, 0.3) is 0 Å². The second-order valence-electron chi connectivity index (χ2n) is 12.3. The van der Waals surface area contributed by atoms with Crippen LogP contribution >= 0.6 is 0 Å². The number of pyridine rings is 1. The topological polar surface area (TPSA) is 43.4 Å². The third-order valence-corrected chi connectivity index (χ3v) is 9.25. The highest BCUT2D eigenvalue weighted by atomic mass is 15.3. The van der Waals surface area contributed by atoms with Gasteiger partial charge >= 0.3 is 0 Å². The van der Waals surface area contributed by atoms with E-state index in [4.69, 9.17) is 4.98 Å². The van der Waals surface area contributed by atoms with Gasteiger partial charge in [-0.2, -0.15) is 0 Å². The minimum atomic E-state index is 0.0796. The lowest BCUT2D eigenvalue weighted by molar-refractivity contribution is 0.115. The fourth-order valence-corrected chi connectivity index (χ4v) is 6.83. The summed E-state index contributed by atoms with van der Waals surface area (Å²) >= 11 is 0. The minimum absolute atomic E-state index is 0.0796. The van der Waals surface area contributed by atoms with Crippen LogP contribution in [0, 0.1) is 5.92 Å². The van der Waals surface area contributed by atoms with Crippen molar-refractivity contribution < 1.29 is 0 Å². The lowest BCUT2D eigenvalue weighted by Gasteiger charge is -2.37. The van der Waals surface area contributed by atoms with Gasteiger partial charge in [-0.3, -0.25) is 15.2 Å². The van der Waals surface area contributed by atoms with Crippen LogP contribution in [0.3, 0.4) is 0 Å². The zero-order valence-electron chi connectivity index (χ0n) is 25.6. The number of hydrogen-bond acceptors (Lipinski definition) is 5. The average molecular weight is 580 g/mol. The van der Waals surface area contributed by atoms with E-state index in [-0.39, 0.29) is 18.4 Å². The Labute approximate surface area is 261 Å². The van der Waals surface area contributed by atoms with Crippen molar-refractivity contribution in [1.82, 2.24) is 25.4 Å². The lowest BCUT2D eigenvalue weighted by Crippen LogP contribution is -2.49. The van der Waals surface area contributed by atoms with Gasteiger partial charge in [-0.25, -0.2) is 0 Å². The fraction of sp³-hybridized carbons (Fsp3) is 0.256. The molecule has 0 bridgehead atoms. The van der Waals surface area contributed by atoms with Gasteiger partial charge in [-0.05, 0) is 78.6 Å². The molecule has 0 saturated heterocycles. The molecule has 5 nitrogen and oxygen atoms in total. The van der Waals surface area contributed by atoms with Crippen LogP contribution in [0.15, 0.2) is 139 Å². The normalized spacial score (nSPS) is 25.2. The summed E-state index contributed by atoms with van der Waals surface area (Å²) in [6.45, 7) is 0.925. The molecule has 3 aromatic rings. The van der Waals surface area contributed by atoms with Crippen molar-refractivity contribution in [3.05, 3.63) is 156 Å². The maximum Gasteiger partial charge on any atom is 0.125 e. The Hall–Kier alpha value is -4.45. The predicted molar refractivity (Wildman–Crippen MR) is 181 cm³/mol. The summed E-state index contributed by atoms with van der Waals surface area (Å²) in [5.74, 6) is 0.359. The first-order chi connectivity index (χ1) is 21.6. The molecule has 1 aromatic heterocycles. The summed E-state index contributed by atoms with van der Waals surface area (Å²) in [6.07, 6.45) is 25.6. The van der Waals surface area contributed by atoms with E-state index in [0.717, 1.165) is 37.1 Å². The maximum absolute atomic E-state index is 4.91. The van der Waals surface area contributed by atoms with Crippen molar-refractivity contribution in [3.63, 3.8) is 0 Å². The van der Waals surface area contributed by atoms with Crippen molar-refractivity contribution in [1.29, 1.82) is 0 Å². The van der Waals surface area contributed by atoms with E-state index >= 15 is 0 Å². The van der Waals surface area contributed by atoms with Crippen LogP contribution in [-0.4, -0.2) is 41.6 Å². The van der Waals surface area contributed by atoms with Crippen LogP contribution in [0.4, 0.5) is 0 Å². The molecule has 0 saturated carbocycles. The molecular formula is C39H41N5. The van der Waals surface area contributed by atoms with Gasteiger partial charge in [0.1, 0.15) is 6.17 Å². The standard InChI is InChI=1S/C39H41N5/c1-43-23-10-24-44(2)39(43)35-22-21-34(27-40-35)32-15-9-16-33(25-32)37-26-36(30-13-7-4-8-14-30)41-38(42-37)31-19-17-29(18-20-31)28-11-5-3-6-12-28/h3-13,15-17,19,21-23,25-27,30,37-39,41-42H,14,18,20,24H2,1-2H3. The van der Waals surface area contributed by atoms with Gasteiger partial charge in [-0.1, -0.05) is 97.1 Å². The average Bonchev–Trinajstić information content (AvgIpc) is 3.09. The zero-order valence-corrected chi connectivity index (χ0v) is 25.6. The van der Waals surface area contributed by atoms with E-state index in [9.17, 15) is 0 Å². The smallest absolute Gasteiger partial charge is 0.125 e. The molecule has 0 amide bonds. The first-order valence-electron chi connectivity index (χ1n) is 15.8. The highest BCUT2D eigenvalue weighted by molar-refractivity contribution is 5.69. The monoisotopic (exact) mass is 579 g/mol. The third kappa shape index (κ3) is 5.99. The Morgan fingerprint density at radius 1 is 0.841 bits per heavy atom. The second-order valence-corrected chi connectivity index (χ2v) is 12.3. The molecule has 2 aliphatic carbocycles. The number of nitrogens with zero attached hydrogens (tertiary/aromatic N) is 3. The molecule has 2 N–H and O–H groups in total. The number of allylic oxidation sites excluding steroid dienone is 7. The van der Waals surface area contributed by atoms with Crippen LogP contribution in [0.25, 0.3) is 16.7 Å². The van der Waals surface area contributed by atoms with Gasteiger partial charge in [0.15, 0.2) is 0 Å². The summed E-state index contributed by atoms with van der Waals surface area (Å²) in [7, 11) is 4.25. The van der Waals surface area contributed by atoms with E-state index in [2.05, 4.69) is 156 Å². The Balaban J connectivity index is 1.15. The molecular weight excluding hydrogens is 538 g/mol. The third-order valence-electron chi connectivity index (χ3n) is 9.25. The van der Waals surface area contributed by atoms with Crippen molar-refractivity contribution in [2.45, 2.75) is 37.6 Å². The number of aromatic nitrogens is 1. The van der Waals surface area contributed by atoms with Gasteiger partial charge in [0.05, 0.1) is 17.9 Å². The molecule has 2 aromatic carbocycles. The van der Waals surface area contributed by atoms with Crippen LogP contribution in [0.1, 0.15) is 48.3 Å². The molecule has 5 heteroatoms. The largest absolute Gasteiger partial charge is 0.369 e. The van der Waals surface area contributed by atoms with Gasteiger partial charge in [0, 0.05) is 37.0 Å². The molecule has 0 radical (unpaired) electrons. The van der Waals surface area contributed by atoms with Crippen LogP contribution < -0.4 is 10.6 Å². The van der Waals surface area contributed by atoms with Crippen molar-refractivity contribution in [2.75, 3.05) is 20.6 Å². The van der Waals surface area contributed by atoms with Crippen molar-refractivity contribution >= 4 is 5.57 Å². The first kappa shape index (κ1) is 28.3. The summed E-state index contributed by atoms with van der Waals surface area (Å²) in [5, 5.41) is 7.83. The zero-order chi connectivity index (χ0) is 29.9. The number of rotatable bonds is 6. The van der Waals surface area contributed by atoms with Crippen LogP contribution in [0.5, 0.6) is 0 Å². The van der Waals surface area contributed by atoms with Crippen LogP contribution in [0.2, 0.25) is 0 Å². The summed E-state index contributed by atoms with van der Waals surface area (Å²) in [5.41, 5.74) is 10.1. The number of hydrogen-bond donors (Lipinski definition) is 2. The van der Waals surface area contributed by atoms with Crippen molar-refractivity contribution in [2.24, 2.45) is 5.92 Å². The molecule has 44 heavy (non-hydrogen) atoms. The Bertz CT molecular complexity index is 1660. The molecule has 222 valence electrons. The maximum atomic E-state index is 4.91. The highest BCUT2D eigenvalue weighted by Gasteiger charge is 2.29. The molecule has 4 atom stereocenters. The minimum Gasteiger partial charge on any atom is -0.369 e. The Morgan fingerprint density at radius 3 is 2.48 bits per heavy atom. The Kier molecular flexibility index (Phi) is 8.14. The van der Waals surface area contributed by atoms with E-state index in [1.165, 1.54) is 33.5 Å². The summed E-state index contributed by atoms with van der Waals surface area (Å²) in [4.78, 5) is 9.44. The van der Waals surface area contributed by atoms with Gasteiger partial charge < -0.3 is 10.2 Å². The van der Waals surface area contributed by atoms with E-state index in [0.29, 0.717) is 5.92 Å². The van der Waals surface area contributed by atoms with E-state index in [1.807, 2.05) is 6.20 Å². The number of likely N-dealkylation sites (N-methyl/N-ethyl adjacent to an activating group) is 1. The first-order valence-corrected chi connectivity index (χ1v) is 15.8. The molecule has 7 rings (SSSR count). The summed E-state index contributed by atoms with van der Waals surface area (Å²) < 4.78 is 0. The fourth-order valence-electron chi connectivity index (χ4n) is 6.83. The second kappa shape index (κ2) is 12.7.